The lowest BCUT2D eigenvalue weighted by atomic mass is 9.86. The summed E-state index contributed by atoms with van der Waals surface area (Å²) in [6.07, 6.45) is 0.514. The monoisotopic (exact) mass is 312 g/mol. The highest BCUT2D eigenvalue weighted by Gasteiger charge is 2.24. The van der Waals surface area contributed by atoms with Crippen LogP contribution in [-0.2, 0) is 0 Å². The average Bonchev–Trinajstić information content (AvgIpc) is 2.20. The summed E-state index contributed by atoms with van der Waals surface area (Å²) in [5, 5.41) is 0. The van der Waals surface area contributed by atoms with Crippen LogP contribution in [0.3, 0.4) is 0 Å². The molecular weight excluding hydrogens is 292 g/mol. The Labute approximate surface area is 118 Å². The molecule has 18 heavy (non-hydrogen) atoms. The number of benzene rings is 1. The molecule has 0 unspecified atom stereocenters. The Morgan fingerprint density at radius 2 is 1.89 bits per heavy atom. The van der Waals surface area contributed by atoms with Crippen molar-refractivity contribution in [2.45, 2.75) is 41.0 Å². The molecule has 1 aromatic carbocycles. The summed E-state index contributed by atoms with van der Waals surface area (Å²) >= 11 is 3.50. The minimum atomic E-state index is -0.0231. The van der Waals surface area contributed by atoms with Crippen molar-refractivity contribution >= 4 is 21.7 Å². The van der Waals surface area contributed by atoms with E-state index in [4.69, 9.17) is 4.74 Å². The SMILES string of the molecule is COc1c(C)cc(Br)c(C)c1C(=O)CC(C)(C)C. The lowest BCUT2D eigenvalue weighted by Gasteiger charge is -2.20. The van der Waals surface area contributed by atoms with Crippen LogP contribution in [0, 0.1) is 19.3 Å². The molecule has 2 nitrogen and oxygen atoms in total. The van der Waals surface area contributed by atoms with Gasteiger partial charge in [0, 0.05) is 10.9 Å². The maximum absolute atomic E-state index is 12.5. The standard InChI is InChI=1S/C15H21BrO2/c1-9-7-11(16)10(2)13(14(9)18-6)12(17)8-15(3,4)5/h7H,8H2,1-6H3. The molecule has 0 atom stereocenters. The molecule has 0 aliphatic rings. The molecule has 100 valence electrons. The van der Waals surface area contributed by atoms with Gasteiger partial charge in [0.2, 0.25) is 0 Å². The Hall–Kier alpha value is -0.830. The Morgan fingerprint density at radius 3 is 2.33 bits per heavy atom. The molecule has 0 amide bonds. The van der Waals surface area contributed by atoms with E-state index in [0.717, 1.165) is 15.6 Å². The molecule has 0 heterocycles. The second kappa shape index (κ2) is 5.43. The average molecular weight is 313 g/mol. The summed E-state index contributed by atoms with van der Waals surface area (Å²) in [4.78, 5) is 12.5. The number of hydrogen-bond donors (Lipinski definition) is 0. The van der Waals surface area contributed by atoms with Gasteiger partial charge >= 0.3 is 0 Å². The van der Waals surface area contributed by atoms with Gasteiger partial charge in [-0.1, -0.05) is 36.7 Å². The molecule has 1 rings (SSSR count). The number of hydrogen-bond acceptors (Lipinski definition) is 2. The number of Topliss-reactive ketones (excluding diaryl/α,β-unsaturated/α-hetero) is 1. The van der Waals surface area contributed by atoms with Gasteiger partial charge in [0.25, 0.3) is 0 Å². The number of ketones is 1. The molecule has 0 spiro atoms. The van der Waals surface area contributed by atoms with Gasteiger partial charge in [-0.05, 0) is 36.5 Å². The van der Waals surface area contributed by atoms with E-state index in [0.29, 0.717) is 17.7 Å². The molecular formula is C15H21BrO2. The van der Waals surface area contributed by atoms with Crippen LogP contribution >= 0.6 is 15.9 Å². The minimum Gasteiger partial charge on any atom is -0.496 e. The molecule has 0 saturated heterocycles. The zero-order chi connectivity index (χ0) is 14.1. The Bertz CT molecular complexity index is 470. The van der Waals surface area contributed by atoms with E-state index in [1.54, 1.807) is 7.11 Å². The fourth-order valence-corrected chi connectivity index (χ4v) is 2.56. The number of methoxy groups -OCH3 is 1. The van der Waals surface area contributed by atoms with Crippen LogP contribution in [0.2, 0.25) is 0 Å². The fraction of sp³-hybridized carbons (Fsp3) is 0.533. The van der Waals surface area contributed by atoms with Crippen molar-refractivity contribution in [2.75, 3.05) is 7.11 Å². The highest BCUT2D eigenvalue weighted by molar-refractivity contribution is 9.10. The second-order valence-electron chi connectivity index (χ2n) is 5.87. The van der Waals surface area contributed by atoms with Crippen LogP contribution < -0.4 is 4.74 Å². The quantitative estimate of drug-likeness (QED) is 0.757. The van der Waals surface area contributed by atoms with E-state index in [1.165, 1.54) is 0 Å². The first-order valence-corrected chi connectivity index (χ1v) is 6.83. The molecule has 3 heteroatoms. The molecule has 0 aromatic heterocycles. The van der Waals surface area contributed by atoms with Crippen molar-refractivity contribution in [1.29, 1.82) is 0 Å². The van der Waals surface area contributed by atoms with Crippen molar-refractivity contribution < 1.29 is 9.53 Å². The third-order valence-electron chi connectivity index (χ3n) is 2.84. The summed E-state index contributed by atoms with van der Waals surface area (Å²) in [6.45, 7) is 10.1. The highest BCUT2D eigenvalue weighted by atomic mass is 79.9. The lowest BCUT2D eigenvalue weighted by molar-refractivity contribution is 0.0936. The van der Waals surface area contributed by atoms with Crippen molar-refractivity contribution in [3.8, 4) is 5.75 Å². The Kier molecular flexibility index (Phi) is 4.60. The number of carbonyl (C=O) groups excluding carboxylic acids is 1. The minimum absolute atomic E-state index is 0.0231. The Balaban J connectivity index is 3.34. The molecule has 0 aliphatic carbocycles. The largest absolute Gasteiger partial charge is 0.496 e. The molecule has 0 radical (unpaired) electrons. The first kappa shape index (κ1) is 15.2. The lowest BCUT2D eigenvalue weighted by Crippen LogP contribution is -2.15. The number of rotatable bonds is 3. The van der Waals surface area contributed by atoms with E-state index >= 15 is 0 Å². The van der Waals surface area contributed by atoms with E-state index < -0.39 is 0 Å². The normalized spacial score (nSPS) is 11.5. The zero-order valence-corrected chi connectivity index (χ0v) is 13.6. The van der Waals surface area contributed by atoms with Crippen LogP contribution in [0.5, 0.6) is 5.75 Å². The van der Waals surface area contributed by atoms with Crippen LogP contribution in [-0.4, -0.2) is 12.9 Å². The Morgan fingerprint density at radius 1 is 1.33 bits per heavy atom. The van der Waals surface area contributed by atoms with Gasteiger partial charge in [-0.25, -0.2) is 0 Å². The molecule has 0 fully saturated rings. The zero-order valence-electron chi connectivity index (χ0n) is 12.0. The topological polar surface area (TPSA) is 26.3 Å². The third kappa shape index (κ3) is 3.35. The summed E-state index contributed by atoms with van der Waals surface area (Å²) in [6, 6.07) is 1.99. The van der Waals surface area contributed by atoms with Gasteiger partial charge in [0.15, 0.2) is 5.78 Å². The number of halogens is 1. The van der Waals surface area contributed by atoms with Gasteiger partial charge in [-0.2, -0.15) is 0 Å². The maximum atomic E-state index is 12.5. The fourth-order valence-electron chi connectivity index (χ4n) is 2.02. The molecule has 0 bridgehead atoms. The van der Waals surface area contributed by atoms with Gasteiger partial charge < -0.3 is 4.74 Å². The molecule has 1 aromatic rings. The van der Waals surface area contributed by atoms with Crippen molar-refractivity contribution in [1.82, 2.24) is 0 Å². The van der Waals surface area contributed by atoms with Crippen molar-refractivity contribution in [3.63, 3.8) is 0 Å². The van der Waals surface area contributed by atoms with Gasteiger partial charge in [0.1, 0.15) is 5.75 Å². The number of ether oxygens (including phenoxy) is 1. The summed E-state index contributed by atoms with van der Waals surface area (Å²) in [7, 11) is 1.61. The smallest absolute Gasteiger partial charge is 0.167 e. The third-order valence-corrected chi connectivity index (χ3v) is 3.66. The van der Waals surface area contributed by atoms with E-state index in [9.17, 15) is 4.79 Å². The summed E-state index contributed by atoms with van der Waals surface area (Å²) in [5.74, 6) is 0.839. The van der Waals surface area contributed by atoms with Gasteiger partial charge in [-0.15, -0.1) is 0 Å². The van der Waals surface area contributed by atoms with Crippen LogP contribution in [0.4, 0.5) is 0 Å². The van der Waals surface area contributed by atoms with E-state index in [-0.39, 0.29) is 11.2 Å². The van der Waals surface area contributed by atoms with Crippen LogP contribution in [0.1, 0.15) is 48.7 Å². The predicted molar refractivity (Wildman–Crippen MR) is 78.6 cm³/mol. The highest BCUT2D eigenvalue weighted by Crippen LogP contribution is 2.35. The molecule has 0 aliphatic heterocycles. The van der Waals surface area contributed by atoms with Crippen LogP contribution in [0.25, 0.3) is 0 Å². The van der Waals surface area contributed by atoms with Gasteiger partial charge in [0.05, 0.1) is 12.7 Å². The summed E-state index contributed by atoms with van der Waals surface area (Å²) in [5.41, 5.74) is 2.61. The van der Waals surface area contributed by atoms with Gasteiger partial charge in [-0.3, -0.25) is 4.79 Å². The summed E-state index contributed by atoms with van der Waals surface area (Å²) < 4.78 is 6.36. The molecule has 0 saturated carbocycles. The van der Waals surface area contributed by atoms with Crippen LogP contribution in [0.15, 0.2) is 10.5 Å². The second-order valence-corrected chi connectivity index (χ2v) is 6.72. The maximum Gasteiger partial charge on any atom is 0.167 e. The predicted octanol–water partition coefficient (Wildman–Crippen LogP) is 4.69. The van der Waals surface area contributed by atoms with E-state index in [2.05, 4.69) is 36.7 Å². The van der Waals surface area contributed by atoms with Crippen molar-refractivity contribution in [2.24, 2.45) is 5.41 Å². The molecule has 0 N–H and O–H groups in total. The number of carbonyl (C=O) groups is 1. The van der Waals surface area contributed by atoms with E-state index in [1.807, 2.05) is 19.9 Å². The first-order chi connectivity index (χ1) is 8.17. The van der Waals surface area contributed by atoms with Crippen molar-refractivity contribution in [3.05, 3.63) is 27.2 Å². The first-order valence-electron chi connectivity index (χ1n) is 6.04. The number of aryl methyl sites for hydroxylation is 1.